The Morgan fingerprint density at radius 2 is 2.15 bits per heavy atom. The van der Waals surface area contributed by atoms with E-state index in [9.17, 15) is 10.1 Å². The summed E-state index contributed by atoms with van der Waals surface area (Å²) in [7, 11) is 0. The number of fused-ring (bicyclic) bond motifs is 1. The summed E-state index contributed by atoms with van der Waals surface area (Å²) in [5.74, 6) is 1.53. The van der Waals surface area contributed by atoms with Crippen LogP contribution in [0.4, 0.5) is 0 Å². The number of hydrogen-bond donors (Lipinski definition) is 0. The molecule has 132 valence electrons. The van der Waals surface area contributed by atoms with E-state index >= 15 is 0 Å². The van der Waals surface area contributed by atoms with Crippen LogP contribution in [0, 0.1) is 18.3 Å². The van der Waals surface area contributed by atoms with Gasteiger partial charge in [-0.3, -0.25) is 14.6 Å². The van der Waals surface area contributed by atoms with Gasteiger partial charge < -0.3 is 4.42 Å². The van der Waals surface area contributed by atoms with Crippen LogP contribution in [0.3, 0.4) is 0 Å². The van der Waals surface area contributed by atoms with E-state index in [0.717, 1.165) is 27.8 Å². The van der Waals surface area contributed by atoms with Crippen molar-refractivity contribution in [2.24, 2.45) is 0 Å². The summed E-state index contributed by atoms with van der Waals surface area (Å²) in [5, 5.41) is 10.6. The van der Waals surface area contributed by atoms with Crippen molar-refractivity contribution in [3.63, 3.8) is 0 Å². The third-order valence-electron chi connectivity index (χ3n) is 4.87. The van der Waals surface area contributed by atoms with Gasteiger partial charge in [0.2, 0.25) is 5.91 Å². The van der Waals surface area contributed by atoms with Gasteiger partial charge in [-0.1, -0.05) is 36.0 Å². The van der Waals surface area contributed by atoms with Gasteiger partial charge in [0.15, 0.2) is 0 Å². The maximum atomic E-state index is 12.9. The van der Waals surface area contributed by atoms with Gasteiger partial charge in [-0.05, 0) is 30.2 Å². The molecule has 0 saturated carbocycles. The van der Waals surface area contributed by atoms with Crippen molar-refractivity contribution < 1.29 is 9.21 Å². The highest BCUT2D eigenvalue weighted by Crippen LogP contribution is 2.43. The van der Waals surface area contributed by atoms with E-state index < -0.39 is 0 Å². The maximum absolute atomic E-state index is 12.9. The lowest BCUT2D eigenvalue weighted by molar-refractivity contribution is -0.132. The predicted octanol–water partition coefficient (Wildman–Crippen LogP) is 3.80. The molecule has 2 aromatic rings. The van der Waals surface area contributed by atoms with Gasteiger partial charge in [0.25, 0.3) is 0 Å². The molecule has 1 amide bonds. The second-order valence-corrected chi connectivity index (χ2v) is 7.52. The Morgan fingerprint density at radius 3 is 2.88 bits per heavy atom. The summed E-state index contributed by atoms with van der Waals surface area (Å²) in [6.07, 6.45) is 2.00. The Morgan fingerprint density at radius 1 is 1.31 bits per heavy atom. The van der Waals surface area contributed by atoms with E-state index in [1.807, 2.05) is 43.3 Å². The van der Waals surface area contributed by atoms with Crippen LogP contribution in [-0.4, -0.2) is 28.3 Å². The first-order valence-corrected chi connectivity index (χ1v) is 9.53. The van der Waals surface area contributed by atoms with Crippen molar-refractivity contribution in [3.8, 4) is 6.07 Å². The highest BCUT2D eigenvalue weighted by molar-refractivity contribution is 8.03. The first kappa shape index (κ1) is 17.0. The fraction of sp³-hybridized carbons (Fsp3) is 0.300. The molecule has 3 heterocycles. The van der Waals surface area contributed by atoms with Crippen molar-refractivity contribution >= 4 is 17.7 Å². The molecule has 6 heteroatoms. The third kappa shape index (κ3) is 3.05. The van der Waals surface area contributed by atoms with Crippen molar-refractivity contribution in [2.45, 2.75) is 25.8 Å². The van der Waals surface area contributed by atoms with E-state index in [1.165, 1.54) is 0 Å². The van der Waals surface area contributed by atoms with E-state index in [0.29, 0.717) is 25.2 Å². The molecular formula is C20H19N3O2S. The van der Waals surface area contributed by atoms with Crippen LogP contribution in [0.1, 0.15) is 29.2 Å². The Hall–Kier alpha value is -2.49. The highest BCUT2D eigenvalue weighted by Gasteiger charge is 2.38. The second kappa shape index (κ2) is 7.02. The lowest BCUT2D eigenvalue weighted by atomic mass is 9.84. The van der Waals surface area contributed by atoms with Crippen LogP contribution in [0.2, 0.25) is 0 Å². The van der Waals surface area contributed by atoms with E-state index in [1.54, 1.807) is 22.9 Å². The Balaban J connectivity index is 1.63. The van der Waals surface area contributed by atoms with Crippen LogP contribution in [0.25, 0.3) is 0 Å². The molecule has 1 aromatic carbocycles. The van der Waals surface area contributed by atoms with Gasteiger partial charge in [-0.15, -0.1) is 0 Å². The van der Waals surface area contributed by atoms with E-state index in [2.05, 4.69) is 11.0 Å². The van der Waals surface area contributed by atoms with Crippen LogP contribution in [0.5, 0.6) is 0 Å². The number of aryl methyl sites for hydroxylation is 1. The minimum absolute atomic E-state index is 0.0731. The molecule has 0 unspecified atom stereocenters. The highest BCUT2D eigenvalue weighted by atomic mass is 32.2. The summed E-state index contributed by atoms with van der Waals surface area (Å²) < 4.78 is 5.41. The predicted molar refractivity (Wildman–Crippen MR) is 99.6 cm³/mol. The number of hydrogen-bond acceptors (Lipinski definition) is 5. The number of allylic oxidation sites excluding steroid dienone is 1. The number of furan rings is 1. The van der Waals surface area contributed by atoms with Crippen molar-refractivity contribution in [1.29, 1.82) is 5.26 Å². The summed E-state index contributed by atoms with van der Waals surface area (Å²) in [6, 6.07) is 14.2. The Kier molecular flexibility index (Phi) is 4.58. The number of amides is 1. The quantitative estimate of drug-likeness (QED) is 0.828. The zero-order chi connectivity index (χ0) is 18.1. The van der Waals surface area contributed by atoms with Gasteiger partial charge >= 0.3 is 0 Å². The largest absolute Gasteiger partial charge is 0.468 e. The van der Waals surface area contributed by atoms with Gasteiger partial charge in [0, 0.05) is 12.3 Å². The number of nitrogens with zero attached hydrogens (tertiary/aromatic N) is 3. The average Bonchev–Trinajstić information content (AvgIpc) is 3.15. The fourth-order valence-electron chi connectivity index (χ4n) is 3.57. The lowest BCUT2D eigenvalue weighted by Crippen LogP contribution is -2.46. The molecule has 0 radical (unpaired) electrons. The molecule has 1 atom stereocenters. The summed E-state index contributed by atoms with van der Waals surface area (Å²) in [4.78, 5) is 16.8. The molecule has 0 spiro atoms. The molecule has 2 aliphatic rings. The molecule has 1 fully saturated rings. The normalized spacial score (nSPS) is 20.8. The number of carbonyl (C=O) groups excluding carboxylic acids is 1. The Labute approximate surface area is 156 Å². The fourth-order valence-corrected chi connectivity index (χ4v) is 4.71. The van der Waals surface area contributed by atoms with Gasteiger partial charge in [0.05, 0.1) is 42.0 Å². The van der Waals surface area contributed by atoms with Crippen molar-refractivity contribution in [2.75, 3.05) is 12.5 Å². The van der Waals surface area contributed by atoms with Gasteiger partial charge in [-0.2, -0.15) is 5.26 Å². The van der Waals surface area contributed by atoms with Crippen molar-refractivity contribution in [1.82, 2.24) is 9.80 Å². The van der Waals surface area contributed by atoms with Crippen molar-refractivity contribution in [3.05, 3.63) is 70.2 Å². The van der Waals surface area contributed by atoms with Crippen LogP contribution < -0.4 is 0 Å². The number of benzene rings is 1. The van der Waals surface area contributed by atoms with E-state index in [4.69, 9.17) is 4.42 Å². The van der Waals surface area contributed by atoms with Gasteiger partial charge in [0.1, 0.15) is 5.76 Å². The molecule has 2 aliphatic heterocycles. The number of carbonyl (C=O) groups is 1. The minimum atomic E-state index is -0.149. The summed E-state index contributed by atoms with van der Waals surface area (Å²) >= 11 is 1.56. The first-order valence-electron chi connectivity index (χ1n) is 8.55. The standard InChI is InChI=1S/C20H19N3O2S/c1-14-5-2-3-7-16(14)17-9-19(24)23-12-22(11-15-6-4-8-25-15)13-26-20(23)18(17)10-21/h2-8,17H,9,11-13H2,1H3/t17-/m0/s1. The second-order valence-electron chi connectivity index (χ2n) is 6.59. The zero-order valence-corrected chi connectivity index (χ0v) is 15.3. The Bertz CT molecular complexity index is 898. The lowest BCUT2D eigenvalue weighted by Gasteiger charge is -2.41. The SMILES string of the molecule is Cc1ccccc1[C@@H]1CC(=O)N2CN(Cc3ccco3)CSC2=C1C#N. The number of nitriles is 1. The molecule has 1 saturated heterocycles. The summed E-state index contributed by atoms with van der Waals surface area (Å²) in [6.45, 7) is 3.18. The molecule has 0 aliphatic carbocycles. The first-order chi connectivity index (χ1) is 12.7. The molecule has 5 nitrogen and oxygen atoms in total. The zero-order valence-electron chi connectivity index (χ0n) is 14.5. The number of thioether (sulfide) groups is 1. The topological polar surface area (TPSA) is 60.5 Å². The molecule has 4 rings (SSSR count). The maximum Gasteiger partial charge on any atom is 0.229 e. The van der Waals surface area contributed by atoms with Crippen LogP contribution in [0.15, 0.2) is 57.7 Å². The smallest absolute Gasteiger partial charge is 0.229 e. The third-order valence-corrected chi connectivity index (χ3v) is 6.08. The van der Waals surface area contributed by atoms with E-state index in [-0.39, 0.29) is 11.8 Å². The molecule has 0 N–H and O–H groups in total. The number of rotatable bonds is 3. The molecule has 1 aromatic heterocycles. The molecular weight excluding hydrogens is 346 g/mol. The monoisotopic (exact) mass is 365 g/mol. The molecule has 26 heavy (non-hydrogen) atoms. The van der Waals surface area contributed by atoms with Gasteiger partial charge in [-0.25, -0.2) is 0 Å². The summed E-state index contributed by atoms with van der Waals surface area (Å²) in [5.41, 5.74) is 2.90. The minimum Gasteiger partial charge on any atom is -0.468 e. The molecule has 0 bridgehead atoms. The van der Waals surface area contributed by atoms with Crippen LogP contribution in [-0.2, 0) is 11.3 Å². The average molecular weight is 365 g/mol. The van der Waals surface area contributed by atoms with Crippen LogP contribution >= 0.6 is 11.8 Å².